The van der Waals surface area contributed by atoms with Gasteiger partial charge in [0.2, 0.25) is 0 Å². The fourth-order valence-electron chi connectivity index (χ4n) is 4.24. The first-order valence-corrected chi connectivity index (χ1v) is 10.7. The van der Waals surface area contributed by atoms with Gasteiger partial charge in [0.15, 0.2) is 0 Å². The van der Waals surface area contributed by atoms with Crippen LogP contribution in [0.4, 0.5) is 0 Å². The number of hydrogen-bond acceptors (Lipinski definition) is 3. The van der Waals surface area contributed by atoms with Gasteiger partial charge in [-0.3, -0.25) is 13.9 Å². The molecule has 1 fully saturated rings. The molecule has 154 valence electrons. The van der Waals surface area contributed by atoms with Crippen molar-refractivity contribution in [3.8, 4) is 0 Å². The number of rotatable bonds is 6. The monoisotopic (exact) mass is 402 g/mol. The molecule has 0 unspecified atom stereocenters. The molecule has 4 aromatic rings. The highest BCUT2D eigenvalue weighted by atomic mass is 16.2. The molecule has 0 N–H and O–H groups in total. The molecule has 2 heterocycles. The van der Waals surface area contributed by atoms with E-state index in [1.807, 2.05) is 53.1 Å². The molecule has 1 aliphatic rings. The Morgan fingerprint density at radius 3 is 2.30 bits per heavy atom. The van der Waals surface area contributed by atoms with Crippen LogP contribution >= 0.6 is 0 Å². The molecular formula is C24H26N4O2. The van der Waals surface area contributed by atoms with Crippen molar-refractivity contribution in [3.63, 3.8) is 0 Å². The van der Waals surface area contributed by atoms with E-state index in [1.165, 1.54) is 0 Å². The normalized spacial score (nSPS) is 14.2. The van der Waals surface area contributed by atoms with Crippen molar-refractivity contribution in [2.24, 2.45) is 5.92 Å². The molecule has 2 aromatic heterocycles. The highest BCUT2D eigenvalue weighted by Crippen LogP contribution is 2.36. The van der Waals surface area contributed by atoms with Gasteiger partial charge in [0.1, 0.15) is 5.82 Å². The number of fused-ring (bicyclic) bond motifs is 2. The Kier molecular flexibility index (Phi) is 4.57. The summed E-state index contributed by atoms with van der Waals surface area (Å²) >= 11 is 0. The SMILES string of the molecule is CC(C)CCn1c(Cn2c(=O)n(C3CC3)c3ccccc32)nc(=O)c2ccccc21. The van der Waals surface area contributed by atoms with E-state index < -0.39 is 0 Å². The molecule has 6 nitrogen and oxygen atoms in total. The van der Waals surface area contributed by atoms with Crippen LogP contribution in [-0.4, -0.2) is 18.7 Å². The molecule has 0 radical (unpaired) electrons. The van der Waals surface area contributed by atoms with E-state index in [9.17, 15) is 9.59 Å². The second-order valence-corrected chi connectivity index (χ2v) is 8.64. The van der Waals surface area contributed by atoms with E-state index in [0.29, 0.717) is 17.1 Å². The molecule has 2 aromatic carbocycles. The predicted octanol–water partition coefficient (Wildman–Crippen LogP) is 3.94. The highest BCUT2D eigenvalue weighted by molar-refractivity contribution is 5.78. The van der Waals surface area contributed by atoms with Crippen LogP contribution in [-0.2, 0) is 13.1 Å². The summed E-state index contributed by atoms with van der Waals surface area (Å²) in [5.41, 5.74) is 2.48. The van der Waals surface area contributed by atoms with Crippen LogP contribution in [0.1, 0.15) is 45.0 Å². The van der Waals surface area contributed by atoms with Gasteiger partial charge in [0.05, 0.1) is 28.5 Å². The molecule has 1 saturated carbocycles. The summed E-state index contributed by atoms with van der Waals surface area (Å²) in [5.74, 6) is 1.16. The Bertz CT molecular complexity index is 1360. The van der Waals surface area contributed by atoms with E-state index in [4.69, 9.17) is 0 Å². The third-order valence-electron chi connectivity index (χ3n) is 5.98. The van der Waals surface area contributed by atoms with Gasteiger partial charge in [0, 0.05) is 12.6 Å². The number of aromatic nitrogens is 4. The Balaban J connectivity index is 1.69. The number of nitrogens with zero attached hydrogens (tertiary/aromatic N) is 4. The molecular weight excluding hydrogens is 376 g/mol. The highest BCUT2D eigenvalue weighted by Gasteiger charge is 2.29. The Morgan fingerprint density at radius 2 is 1.60 bits per heavy atom. The maximum absolute atomic E-state index is 13.3. The van der Waals surface area contributed by atoms with Gasteiger partial charge in [-0.15, -0.1) is 0 Å². The van der Waals surface area contributed by atoms with Crippen molar-refractivity contribution in [2.75, 3.05) is 0 Å². The van der Waals surface area contributed by atoms with E-state index in [-0.39, 0.29) is 23.8 Å². The van der Waals surface area contributed by atoms with Gasteiger partial charge < -0.3 is 4.57 Å². The summed E-state index contributed by atoms with van der Waals surface area (Å²) in [6.45, 7) is 5.42. The second-order valence-electron chi connectivity index (χ2n) is 8.64. The first kappa shape index (κ1) is 18.9. The summed E-state index contributed by atoms with van der Waals surface area (Å²) in [4.78, 5) is 30.5. The lowest BCUT2D eigenvalue weighted by molar-refractivity contribution is 0.500. The minimum Gasteiger partial charge on any atom is -0.327 e. The molecule has 0 spiro atoms. The number of imidazole rings is 1. The van der Waals surface area contributed by atoms with E-state index >= 15 is 0 Å². The fourth-order valence-corrected chi connectivity index (χ4v) is 4.24. The number of para-hydroxylation sites is 3. The number of benzene rings is 2. The number of hydrogen-bond donors (Lipinski definition) is 0. The van der Waals surface area contributed by atoms with Crippen molar-refractivity contribution in [3.05, 3.63) is 75.2 Å². The van der Waals surface area contributed by atoms with Crippen molar-refractivity contribution in [2.45, 2.75) is 52.2 Å². The molecule has 0 atom stereocenters. The average molecular weight is 402 g/mol. The predicted molar refractivity (Wildman–Crippen MR) is 119 cm³/mol. The lowest BCUT2D eigenvalue weighted by Gasteiger charge is -2.17. The van der Waals surface area contributed by atoms with Gasteiger partial charge in [-0.25, -0.2) is 4.79 Å². The van der Waals surface area contributed by atoms with Crippen LogP contribution in [0.25, 0.3) is 21.9 Å². The van der Waals surface area contributed by atoms with Gasteiger partial charge >= 0.3 is 5.69 Å². The minimum atomic E-state index is -0.236. The smallest absolute Gasteiger partial charge is 0.327 e. The molecule has 6 heteroatoms. The topological polar surface area (TPSA) is 61.8 Å². The third-order valence-corrected chi connectivity index (χ3v) is 5.98. The summed E-state index contributed by atoms with van der Waals surface area (Å²) in [7, 11) is 0. The van der Waals surface area contributed by atoms with Crippen LogP contribution in [0.5, 0.6) is 0 Å². The lowest BCUT2D eigenvalue weighted by atomic mass is 10.1. The van der Waals surface area contributed by atoms with Gasteiger partial charge in [-0.2, -0.15) is 4.98 Å². The van der Waals surface area contributed by atoms with Gasteiger partial charge in [-0.1, -0.05) is 38.1 Å². The van der Waals surface area contributed by atoms with E-state index in [1.54, 1.807) is 4.57 Å². The fraction of sp³-hybridized carbons (Fsp3) is 0.375. The number of aryl methyl sites for hydroxylation is 1. The van der Waals surface area contributed by atoms with Gasteiger partial charge in [0.25, 0.3) is 5.56 Å². The average Bonchev–Trinajstić information content (AvgIpc) is 3.53. The zero-order valence-electron chi connectivity index (χ0n) is 17.4. The molecule has 0 amide bonds. The van der Waals surface area contributed by atoms with Crippen LogP contribution in [0.2, 0.25) is 0 Å². The lowest BCUT2D eigenvalue weighted by Crippen LogP contribution is -2.28. The summed E-state index contributed by atoms with van der Waals surface area (Å²) in [6, 6.07) is 15.8. The van der Waals surface area contributed by atoms with Crippen molar-refractivity contribution in [1.29, 1.82) is 0 Å². The Labute approximate surface area is 174 Å². The standard InChI is InChI=1S/C24H26N4O2/c1-16(2)13-14-26-19-8-4-3-7-18(19)23(29)25-22(26)15-27-20-9-5-6-10-21(20)28(24(27)30)17-11-12-17/h3-10,16-17H,11-15H2,1-2H3. The van der Waals surface area contributed by atoms with Crippen molar-refractivity contribution in [1.82, 2.24) is 18.7 Å². The minimum absolute atomic E-state index is 0.0171. The van der Waals surface area contributed by atoms with E-state index in [0.717, 1.165) is 42.4 Å². The van der Waals surface area contributed by atoms with Crippen LogP contribution in [0.15, 0.2) is 58.1 Å². The van der Waals surface area contributed by atoms with E-state index in [2.05, 4.69) is 23.4 Å². The summed E-state index contributed by atoms with van der Waals surface area (Å²) < 4.78 is 5.80. The van der Waals surface area contributed by atoms with Crippen LogP contribution in [0, 0.1) is 5.92 Å². The summed E-state index contributed by atoms with van der Waals surface area (Å²) in [6.07, 6.45) is 3.06. The molecule has 0 aliphatic heterocycles. The first-order valence-electron chi connectivity index (χ1n) is 10.7. The maximum Gasteiger partial charge on any atom is 0.329 e. The molecule has 0 bridgehead atoms. The Morgan fingerprint density at radius 1 is 0.933 bits per heavy atom. The molecule has 1 aliphatic carbocycles. The quantitative estimate of drug-likeness (QED) is 0.491. The largest absolute Gasteiger partial charge is 0.329 e. The van der Waals surface area contributed by atoms with Crippen molar-refractivity contribution < 1.29 is 0 Å². The Hall–Kier alpha value is -3.15. The zero-order chi connectivity index (χ0) is 20.8. The summed E-state index contributed by atoms with van der Waals surface area (Å²) in [5, 5.41) is 0.623. The third kappa shape index (κ3) is 3.16. The zero-order valence-corrected chi connectivity index (χ0v) is 17.4. The van der Waals surface area contributed by atoms with Crippen LogP contribution < -0.4 is 11.2 Å². The van der Waals surface area contributed by atoms with Crippen molar-refractivity contribution >= 4 is 21.9 Å². The van der Waals surface area contributed by atoms with Gasteiger partial charge in [-0.05, 0) is 49.4 Å². The maximum atomic E-state index is 13.3. The van der Waals surface area contributed by atoms with Crippen LogP contribution in [0.3, 0.4) is 0 Å². The second kappa shape index (κ2) is 7.27. The molecule has 30 heavy (non-hydrogen) atoms. The molecule has 0 saturated heterocycles. The molecule has 5 rings (SSSR count). The first-order chi connectivity index (χ1) is 14.5.